The Morgan fingerprint density at radius 3 is 2.76 bits per heavy atom. The zero-order valence-corrected chi connectivity index (χ0v) is 20.3. The summed E-state index contributed by atoms with van der Waals surface area (Å²) < 4.78 is 0. The van der Waals surface area contributed by atoms with Gasteiger partial charge in [-0.2, -0.15) is 5.10 Å². The Hall–Kier alpha value is -4.25. The van der Waals surface area contributed by atoms with Crippen LogP contribution >= 0.6 is 0 Å². The quantitative estimate of drug-likeness (QED) is 0.180. The van der Waals surface area contributed by atoms with E-state index in [1.807, 2.05) is 24.3 Å². The van der Waals surface area contributed by atoms with Gasteiger partial charge in [-0.05, 0) is 55.8 Å². The summed E-state index contributed by atoms with van der Waals surface area (Å²) in [7, 11) is 0. The maximum atomic E-state index is 13.3. The molecule has 11 heteroatoms. The lowest BCUT2D eigenvalue weighted by atomic mass is 9.81. The second-order valence-electron chi connectivity index (χ2n) is 9.69. The molecule has 1 aliphatic carbocycles. The highest BCUT2D eigenvalue weighted by atomic mass is 16.6. The maximum absolute atomic E-state index is 13.3. The topological polar surface area (TPSA) is 182 Å². The Labute approximate surface area is 213 Å². The number of anilines is 1. The van der Waals surface area contributed by atoms with E-state index in [0.717, 1.165) is 47.7 Å². The van der Waals surface area contributed by atoms with E-state index in [0.29, 0.717) is 36.2 Å². The number of nitrogens with zero attached hydrogens (tertiary/aromatic N) is 3. The number of imidazole rings is 1. The van der Waals surface area contributed by atoms with E-state index in [9.17, 15) is 14.9 Å². The van der Waals surface area contributed by atoms with Crippen LogP contribution in [0.3, 0.4) is 0 Å². The molecular formula is C26H30N8O3. The molecule has 0 radical (unpaired) electrons. The number of non-ortho nitro benzene ring substituents is 1. The molecule has 2 heterocycles. The minimum atomic E-state index is -0.484. The summed E-state index contributed by atoms with van der Waals surface area (Å²) in [5, 5.41) is 22.2. The van der Waals surface area contributed by atoms with Crippen molar-refractivity contribution in [1.82, 2.24) is 25.5 Å². The molecular weight excluding hydrogens is 472 g/mol. The maximum Gasteiger partial charge on any atom is 0.269 e. The third-order valence-electron chi connectivity index (χ3n) is 7.24. The number of fused-ring (bicyclic) bond motifs is 1. The summed E-state index contributed by atoms with van der Waals surface area (Å²) in [4.78, 5) is 32.1. The molecule has 1 atom stereocenters. The number of carbonyl (C=O) groups is 1. The minimum absolute atomic E-state index is 0.00921. The highest BCUT2D eigenvalue weighted by Gasteiger charge is 2.28. The average molecular weight is 503 g/mol. The van der Waals surface area contributed by atoms with Crippen LogP contribution in [0.25, 0.3) is 22.2 Å². The molecule has 2 aromatic carbocycles. The molecule has 0 aliphatic heterocycles. The van der Waals surface area contributed by atoms with Gasteiger partial charge in [0.2, 0.25) is 5.91 Å². The van der Waals surface area contributed by atoms with E-state index in [-0.39, 0.29) is 17.5 Å². The lowest BCUT2D eigenvalue weighted by Gasteiger charge is -2.28. The number of aromatic amines is 2. The van der Waals surface area contributed by atoms with Crippen molar-refractivity contribution in [2.45, 2.75) is 38.1 Å². The largest absolute Gasteiger partial charge is 0.382 e. The molecule has 4 aromatic rings. The Morgan fingerprint density at radius 2 is 2.00 bits per heavy atom. The molecule has 0 bridgehead atoms. The van der Waals surface area contributed by atoms with Gasteiger partial charge in [0.05, 0.1) is 22.2 Å². The molecule has 1 saturated carbocycles. The number of H-pyrrole nitrogens is 2. The third-order valence-corrected chi connectivity index (χ3v) is 7.24. The molecule has 2 aromatic heterocycles. The van der Waals surface area contributed by atoms with Gasteiger partial charge in [-0.15, -0.1) is 0 Å². The summed E-state index contributed by atoms with van der Waals surface area (Å²) in [5.41, 5.74) is 14.8. The Balaban J connectivity index is 1.40. The van der Waals surface area contributed by atoms with E-state index < -0.39 is 11.0 Å². The molecule has 11 nitrogen and oxygen atoms in total. The zero-order valence-electron chi connectivity index (χ0n) is 20.3. The van der Waals surface area contributed by atoms with Crippen LogP contribution in [0.1, 0.15) is 43.1 Å². The van der Waals surface area contributed by atoms with E-state index in [4.69, 9.17) is 16.5 Å². The molecule has 1 amide bonds. The van der Waals surface area contributed by atoms with Gasteiger partial charge < -0.3 is 21.8 Å². The van der Waals surface area contributed by atoms with E-state index in [2.05, 4.69) is 20.5 Å². The minimum Gasteiger partial charge on any atom is -0.382 e. The van der Waals surface area contributed by atoms with Crippen LogP contribution in [-0.4, -0.2) is 37.5 Å². The molecule has 1 fully saturated rings. The van der Waals surface area contributed by atoms with Gasteiger partial charge in [0.15, 0.2) is 5.82 Å². The van der Waals surface area contributed by atoms with E-state index in [1.165, 1.54) is 12.1 Å². The van der Waals surface area contributed by atoms with Gasteiger partial charge in [0, 0.05) is 41.6 Å². The first kappa shape index (κ1) is 24.4. The number of nitrogens with two attached hydrogens (primary N) is 2. The number of aromatic nitrogens is 4. The van der Waals surface area contributed by atoms with Crippen molar-refractivity contribution in [3.05, 3.63) is 70.2 Å². The second-order valence-corrected chi connectivity index (χ2v) is 9.69. The smallest absolute Gasteiger partial charge is 0.269 e. The number of nitro groups is 1. The summed E-state index contributed by atoms with van der Waals surface area (Å²) in [6.45, 7) is 0.649. The molecule has 37 heavy (non-hydrogen) atoms. The predicted molar refractivity (Wildman–Crippen MR) is 140 cm³/mol. The third kappa shape index (κ3) is 5.31. The van der Waals surface area contributed by atoms with Crippen LogP contribution in [0, 0.1) is 22.0 Å². The first-order valence-corrected chi connectivity index (χ1v) is 12.4. The molecule has 5 rings (SSSR count). The summed E-state index contributed by atoms with van der Waals surface area (Å²) in [6, 6.07) is 11.7. The number of benzene rings is 2. The standard InChI is InChI=1S/C26H30N8O3/c27-13-15-4-6-17(7-5-15)26(35)31-22(11-16-2-1-3-19(10-16)34(36)37)25-29-14-23(30-25)18-8-9-20-21(12-18)32-33-24(20)28/h1-3,8-10,12,14-15,17,22H,4-7,11,13,27H2,(H,29,30)(H,31,35)(H3,28,32,33)/t15-,17-,22?. The zero-order chi connectivity index (χ0) is 25.9. The molecule has 7 N–H and O–H groups in total. The Kier molecular flexibility index (Phi) is 6.87. The highest BCUT2D eigenvalue weighted by Crippen LogP contribution is 2.30. The summed E-state index contributed by atoms with van der Waals surface area (Å²) in [5.74, 6) is 1.37. The van der Waals surface area contributed by atoms with Crippen molar-refractivity contribution in [3.8, 4) is 11.3 Å². The SMILES string of the molecule is NC[C@H]1CC[C@H](C(=O)NC(Cc2cccc([N+](=O)[O-])c2)c2nc(-c3ccc4c(N)n[nH]c4c3)c[nH]2)CC1. The number of amides is 1. The van der Waals surface area contributed by atoms with Gasteiger partial charge in [-0.1, -0.05) is 18.2 Å². The molecule has 1 aliphatic rings. The van der Waals surface area contributed by atoms with Crippen molar-refractivity contribution in [3.63, 3.8) is 0 Å². The van der Waals surface area contributed by atoms with Crippen molar-refractivity contribution >= 4 is 28.3 Å². The second kappa shape index (κ2) is 10.4. The first-order chi connectivity index (χ1) is 17.9. The number of carbonyl (C=O) groups excluding carboxylic acids is 1. The average Bonchev–Trinajstić information content (AvgIpc) is 3.55. The van der Waals surface area contributed by atoms with E-state index >= 15 is 0 Å². The number of rotatable bonds is 8. The lowest BCUT2D eigenvalue weighted by Crippen LogP contribution is -2.37. The highest BCUT2D eigenvalue weighted by molar-refractivity contribution is 5.91. The number of nitrogens with one attached hydrogen (secondary N) is 3. The van der Waals surface area contributed by atoms with Crippen LogP contribution in [0.15, 0.2) is 48.7 Å². The lowest BCUT2D eigenvalue weighted by molar-refractivity contribution is -0.384. The van der Waals surface area contributed by atoms with Crippen molar-refractivity contribution < 1.29 is 9.72 Å². The summed E-state index contributed by atoms with van der Waals surface area (Å²) in [6.07, 6.45) is 5.62. The molecule has 0 spiro atoms. The van der Waals surface area contributed by atoms with Crippen LogP contribution < -0.4 is 16.8 Å². The van der Waals surface area contributed by atoms with Crippen molar-refractivity contribution in [1.29, 1.82) is 0 Å². The fraction of sp³-hybridized carbons (Fsp3) is 0.346. The van der Waals surface area contributed by atoms with Crippen molar-refractivity contribution in [2.24, 2.45) is 17.6 Å². The van der Waals surface area contributed by atoms with Gasteiger partial charge >= 0.3 is 0 Å². The Morgan fingerprint density at radius 1 is 1.19 bits per heavy atom. The van der Waals surface area contributed by atoms with Gasteiger partial charge in [0.25, 0.3) is 5.69 Å². The van der Waals surface area contributed by atoms with Gasteiger partial charge in [-0.25, -0.2) is 4.98 Å². The summed E-state index contributed by atoms with van der Waals surface area (Å²) >= 11 is 0. The predicted octanol–water partition coefficient (Wildman–Crippen LogP) is 3.61. The number of hydrogen-bond acceptors (Lipinski definition) is 7. The fourth-order valence-corrected chi connectivity index (χ4v) is 5.06. The van der Waals surface area contributed by atoms with Crippen LogP contribution in [0.4, 0.5) is 11.5 Å². The van der Waals surface area contributed by atoms with Crippen LogP contribution in [0.5, 0.6) is 0 Å². The van der Waals surface area contributed by atoms with E-state index in [1.54, 1.807) is 12.3 Å². The fourth-order valence-electron chi connectivity index (χ4n) is 5.06. The number of nitrogen functional groups attached to an aromatic ring is 1. The van der Waals surface area contributed by atoms with Gasteiger partial charge in [-0.3, -0.25) is 20.0 Å². The molecule has 0 saturated heterocycles. The molecule has 1 unspecified atom stereocenters. The van der Waals surface area contributed by atoms with Gasteiger partial charge in [0.1, 0.15) is 5.82 Å². The monoisotopic (exact) mass is 502 g/mol. The van der Waals surface area contributed by atoms with Crippen LogP contribution in [-0.2, 0) is 11.2 Å². The number of nitro benzene ring substituents is 1. The molecule has 192 valence electrons. The van der Waals surface area contributed by atoms with Crippen molar-refractivity contribution in [2.75, 3.05) is 12.3 Å². The normalized spacial score (nSPS) is 18.5. The number of hydrogen-bond donors (Lipinski definition) is 5. The Bertz CT molecular complexity index is 1420. The van der Waals surface area contributed by atoms with Crippen LogP contribution in [0.2, 0.25) is 0 Å². The first-order valence-electron chi connectivity index (χ1n) is 12.4.